The van der Waals surface area contributed by atoms with Crippen LogP contribution in [0.2, 0.25) is 0 Å². The first-order chi connectivity index (χ1) is 7.74. The maximum atomic E-state index is 4.30. The van der Waals surface area contributed by atoms with Crippen molar-refractivity contribution in [3.8, 4) is 0 Å². The van der Waals surface area contributed by atoms with E-state index >= 15 is 0 Å². The molecule has 0 saturated heterocycles. The summed E-state index contributed by atoms with van der Waals surface area (Å²) in [6, 6.07) is 0.798. The highest BCUT2D eigenvalue weighted by Crippen LogP contribution is 2.10. The molecular weight excluding hydrogens is 218 g/mol. The molecule has 4 heteroatoms. The Morgan fingerprint density at radius 1 is 1.38 bits per heavy atom. The van der Waals surface area contributed by atoms with E-state index in [0.717, 1.165) is 5.69 Å². The molecule has 0 bridgehead atoms. The van der Waals surface area contributed by atoms with Gasteiger partial charge in [0.25, 0.3) is 0 Å². The molecule has 0 aliphatic heterocycles. The molecule has 2 atom stereocenters. The second-order valence-corrected chi connectivity index (χ2v) is 5.30. The molecule has 1 N–H and O–H groups in total. The van der Waals surface area contributed by atoms with Gasteiger partial charge in [0.2, 0.25) is 0 Å². The van der Waals surface area contributed by atoms with Gasteiger partial charge in [-0.15, -0.1) is 0 Å². The molecule has 1 aromatic heterocycles. The zero-order valence-electron chi connectivity index (χ0n) is 10.3. The van der Waals surface area contributed by atoms with Crippen molar-refractivity contribution in [3.05, 3.63) is 24.3 Å². The molecule has 2 unspecified atom stereocenters. The maximum Gasteiger partial charge on any atom is 0.0753 e. The quantitative estimate of drug-likeness (QED) is 0.742. The summed E-state index contributed by atoms with van der Waals surface area (Å²) in [7, 11) is 0. The van der Waals surface area contributed by atoms with Gasteiger partial charge in [0, 0.05) is 30.7 Å². The zero-order valence-corrected chi connectivity index (χ0v) is 11.1. The zero-order chi connectivity index (χ0) is 11.8. The molecule has 16 heavy (non-hydrogen) atoms. The Bertz CT molecular complexity index is 279. The normalized spacial score (nSPS) is 14.7. The Morgan fingerprint density at radius 2 is 2.19 bits per heavy atom. The minimum absolute atomic E-state index is 0.273. The maximum absolute atomic E-state index is 4.30. The second kappa shape index (κ2) is 7.63. The van der Waals surface area contributed by atoms with Crippen LogP contribution < -0.4 is 5.32 Å². The monoisotopic (exact) mass is 239 g/mol. The van der Waals surface area contributed by atoms with Gasteiger partial charge < -0.3 is 5.32 Å². The molecule has 0 fully saturated rings. The predicted octanol–water partition coefficient (Wildman–Crippen LogP) is 2.66. The standard InChI is InChI=1S/C12H21N3S/c1-4-16-8-5-10(2)15-11(3)12-9-13-6-7-14-12/h6-7,9-11,15H,4-5,8H2,1-3H3. The number of rotatable bonds is 7. The molecule has 1 rings (SSSR count). The van der Waals surface area contributed by atoms with Gasteiger partial charge in [-0.3, -0.25) is 9.97 Å². The largest absolute Gasteiger partial charge is 0.306 e. The van der Waals surface area contributed by atoms with E-state index in [2.05, 4.69) is 36.1 Å². The molecule has 0 spiro atoms. The smallest absolute Gasteiger partial charge is 0.0753 e. The van der Waals surface area contributed by atoms with Crippen molar-refractivity contribution >= 4 is 11.8 Å². The third-order valence-electron chi connectivity index (χ3n) is 2.46. The van der Waals surface area contributed by atoms with E-state index in [1.807, 2.05) is 18.0 Å². The molecule has 0 amide bonds. The van der Waals surface area contributed by atoms with Crippen molar-refractivity contribution in [2.75, 3.05) is 11.5 Å². The van der Waals surface area contributed by atoms with Gasteiger partial charge in [0.05, 0.1) is 5.69 Å². The average Bonchev–Trinajstić information content (AvgIpc) is 2.30. The van der Waals surface area contributed by atoms with E-state index in [1.54, 1.807) is 12.4 Å². The third kappa shape index (κ3) is 4.94. The summed E-state index contributed by atoms with van der Waals surface area (Å²) in [6.45, 7) is 6.56. The van der Waals surface area contributed by atoms with Crippen LogP contribution in [-0.2, 0) is 0 Å². The van der Waals surface area contributed by atoms with E-state index in [0.29, 0.717) is 6.04 Å². The SMILES string of the molecule is CCSCCC(C)NC(C)c1cnccn1. The molecule has 90 valence electrons. The van der Waals surface area contributed by atoms with E-state index in [1.165, 1.54) is 17.9 Å². The Hall–Kier alpha value is -0.610. The summed E-state index contributed by atoms with van der Waals surface area (Å²) in [5, 5.41) is 3.54. The summed E-state index contributed by atoms with van der Waals surface area (Å²) in [6.07, 6.45) is 6.47. The van der Waals surface area contributed by atoms with E-state index in [4.69, 9.17) is 0 Å². The average molecular weight is 239 g/mol. The van der Waals surface area contributed by atoms with Crippen LogP contribution in [0.15, 0.2) is 18.6 Å². The number of nitrogens with zero attached hydrogens (tertiary/aromatic N) is 2. The number of hydrogen-bond acceptors (Lipinski definition) is 4. The molecule has 0 saturated carbocycles. The lowest BCUT2D eigenvalue weighted by Gasteiger charge is -2.19. The van der Waals surface area contributed by atoms with Gasteiger partial charge in [0.15, 0.2) is 0 Å². The van der Waals surface area contributed by atoms with Gasteiger partial charge in [0.1, 0.15) is 0 Å². The van der Waals surface area contributed by atoms with Gasteiger partial charge in [-0.2, -0.15) is 11.8 Å². The fourth-order valence-corrected chi connectivity index (χ4v) is 2.34. The Morgan fingerprint density at radius 3 is 2.81 bits per heavy atom. The van der Waals surface area contributed by atoms with Crippen molar-refractivity contribution in [2.45, 2.75) is 39.3 Å². The fraction of sp³-hybridized carbons (Fsp3) is 0.667. The molecular formula is C12H21N3S. The predicted molar refractivity (Wildman–Crippen MR) is 70.7 cm³/mol. The first-order valence-corrected chi connectivity index (χ1v) is 6.99. The van der Waals surface area contributed by atoms with Crippen LogP contribution in [0.25, 0.3) is 0 Å². The van der Waals surface area contributed by atoms with Gasteiger partial charge >= 0.3 is 0 Å². The summed E-state index contributed by atoms with van der Waals surface area (Å²) in [4.78, 5) is 8.38. The van der Waals surface area contributed by atoms with Crippen LogP contribution in [0.1, 0.15) is 38.9 Å². The van der Waals surface area contributed by atoms with E-state index in [-0.39, 0.29) is 6.04 Å². The molecule has 0 aromatic carbocycles. The number of nitrogens with one attached hydrogen (secondary N) is 1. The van der Waals surface area contributed by atoms with E-state index < -0.39 is 0 Å². The molecule has 1 heterocycles. The van der Waals surface area contributed by atoms with Crippen LogP contribution in [0, 0.1) is 0 Å². The minimum Gasteiger partial charge on any atom is -0.306 e. The van der Waals surface area contributed by atoms with Crippen LogP contribution in [-0.4, -0.2) is 27.5 Å². The topological polar surface area (TPSA) is 37.8 Å². The first kappa shape index (κ1) is 13.5. The van der Waals surface area contributed by atoms with E-state index in [9.17, 15) is 0 Å². The van der Waals surface area contributed by atoms with Crippen molar-refractivity contribution < 1.29 is 0 Å². The second-order valence-electron chi connectivity index (χ2n) is 3.91. The lowest BCUT2D eigenvalue weighted by molar-refractivity contribution is 0.464. The highest BCUT2D eigenvalue weighted by Gasteiger charge is 2.09. The Labute approximate surface area is 102 Å². The summed E-state index contributed by atoms with van der Waals surface area (Å²) < 4.78 is 0. The van der Waals surface area contributed by atoms with Crippen LogP contribution in [0.5, 0.6) is 0 Å². The van der Waals surface area contributed by atoms with Gasteiger partial charge in [-0.05, 0) is 31.8 Å². The van der Waals surface area contributed by atoms with Crippen LogP contribution in [0.3, 0.4) is 0 Å². The van der Waals surface area contributed by atoms with Gasteiger partial charge in [-0.1, -0.05) is 6.92 Å². The molecule has 0 aliphatic carbocycles. The van der Waals surface area contributed by atoms with Crippen molar-refractivity contribution in [1.29, 1.82) is 0 Å². The Balaban J connectivity index is 2.31. The third-order valence-corrected chi connectivity index (χ3v) is 3.39. The molecule has 3 nitrogen and oxygen atoms in total. The number of hydrogen-bond donors (Lipinski definition) is 1. The summed E-state index contributed by atoms with van der Waals surface area (Å²) in [5.74, 6) is 2.42. The number of aromatic nitrogens is 2. The van der Waals surface area contributed by atoms with Crippen molar-refractivity contribution in [2.24, 2.45) is 0 Å². The highest BCUT2D eigenvalue weighted by molar-refractivity contribution is 7.99. The van der Waals surface area contributed by atoms with Crippen LogP contribution >= 0.6 is 11.8 Å². The Kier molecular flexibility index (Phi) is 6.42. The highest BCUT2D eigenvalue weighted by atomic mass is 32.2. The molecule has 0 radical (unpaired) electrons. The lowest BCUT2D eigenvalue weighted by Crippen LogP contribution is -2.30. The van der Waals surface area contributed by atoms with Crippen molar-refractivity contribution in [1.82, 2.24) is 15.3 Å². The summed E-state index contributed by atoms with van der Waals surface area (Å²) in [5.41, 5.74) is 1.01. The lowest BCUT2D eigenvalue weighted by atomic mass is 10.2. The minimum atomic E-state index is 0.273. The van der Waals surface area contributed by atoms with Gasteiger partial charge in [-0.25, -0.2) is 0 Å². The number of thioether (sulfide) groups is 1. The molecule has 0 aliphatic rings. The van der Waals surface area contributed by atoms with Crippen LogP contribution in [0.4, 0.5) is 0 Å². The first-order valence-electron chi connectivity index (χ1n) is 5.83. The fourth-order valence-electron chi connectivity index (χ4n) is 1.53. The van der Waals surface area contributed by atoms with Crippen molar-refractivity contribution in [3.63, 3.8) is 0 Å². The molecule has 1 aromatic rings. The summed E-state index contributed by atoms with van der Waals surface area (Å²) >= 11 is 1.99.